The standard InChI is InChI=1S/C15H13F4N3O2/c16-11-3-2-9(6-10(11)15(17,18)19)21-7-8-1-4-13(12(20)5-8)22-14(23)24/h1-6,21-22H,7,20H2,(H,23,24). The quantitative estimate of drug-likeness (QED) is 0.497. The molecule has 9 heteroatoms. The molecule has 0 spiro atoms. The molecule has 0 saturated carbocycles. The summed E-state index contributed by atoms with van der Waals surface area (Å²) in [5, 5.41) is 13.5. The third-order valence-electron chi connectivity index (χ3n) is 3.13. The van der Waals surface area contributed by atoms with Crippen molar-refractivity contribution in [2.45, 2.75) is 12.7 Å². The van der Waals surface area contributed by atoms with E-state index in [2.05, 4.69) is 10.6 Å². The van der Waals surface area contributed by atoms with Gasteiger partial charge in [0.2, 0.25) is 0 Å². The van der Waals surface area contributed by atoms with Crippen molar-refractivity contribution in [2.75, 3.05) is 16.4 Å². The smallest absolute Gasteiger partial charge is 0.419 e. The van der Waals surface area contributed by atoms with Crippen LogP contribution in [0.1, 0.15) is 11.1 Å². The van der Waals surface area contributed by atoms with E-state index in [0.29, 0.717) is 11.6 Å². The van der Waals surface area contributed by atoms with E-state index in [1.807, 2.05) is 0 Å². The van der Waals surface area contributed by atoms with E-state index < -0.39 is 23.7 Å². The van der Waals surface area contributed by atoms with Crippen molar-refractivity contribution in [3.8, 4) is 0 Å². The van der Waals surface area contributed by atoms with E-state index in [0.717, 1.165) is 6.07 Å². The molecule has 0 saturated heterocycles. The molecule has 1 amide bonds. The Labute approximate surface area is 134 Å². The zero-order valence-corrected chi connectivity index (χ0v) is 12.1. The fourth-order valence-electron chi connectivity index (χ4n) is 2.01. The van der Waals surface area contributed by atoms with Crippen LogP contribution in [0.25, 0.3) is 0 Å². The first-order valence-electron chi connectivity index (χ1n) is 6.66. The van der Waals surface area contributed by atoms with E-state index in [1.165, 1.54) is 18.2 Å². The lowest BCUT2D eigenvalue weighted by atomic mass is 10.1. The number of carbonyl (C=O) groups is 1. The Morgan fingerprint density at radius 2 is 1.88 bits per heavy atom. The topological polar surface area (TPSA) is 87.4 Å². The van der Waals surface area contributed by atoms with Crippen molar-refractivity contribution < 1.29 is 27.5 Å². The fraction of sp³-hybridized carbons (Fsp3) is 0.133. The summed E-state index contributed by atoms with van der Waals surface area (Å²) in [7, 11) is 0. The van der Waals surface area contributed by atoms with E-state index >= 15 is 0 Å². The lowest BCUT2D eigenvalue weighted by Crippen LogP contribution is -2.10. The number of benzene rings is 2. The minimum absolute atomic E-state index is 0.0926. The highest BCUT2D eigenvalue weighted by atomic mass is 19.4. The third kappa shape index (κ3) is 4.28. The van der Waals surface area contributed by atoms with Crippen LogP contribution >= 0.6 is 0 Å². The van der Waals surface area contributed by atoms with Crippen LogP contribution in [0.3, 0.4) is 0 Å². The van der Waals surface area contributed by atoms with Gasteiger partial charge in [-0.3, -0.25) is 5.32 Å². The minimum Gasteiger partial charge on any atom is -0.465 e. The molecule has 0 atom stereocenters. The molecular formula is C15H13F4N3O2. The Bertz CT molecular complexity index is 763. The second-order valence-electron chi connectivity index (χ2n) is 4.90. The van der Waals surface area contributed by atoms with E-state index in [9.17, 15) is 22.4 Å². The Kier molecular flexibility index (Phi) is 4.82. The summed E-state index contributed by atoms with van der Waals surface area (Å²) in [5.74, 6) is -1.35. The zero-order chi connectivity index (χ0) is 17.9. The van der Waals surface area contributed by atoms with Gasteiger partial charge in [-0.1, -0.05) is 6.07 Å². The normalized spacial score (nSPS) is 11.2. The predicted molar refractivity (Wildman–Crippen MR) is 81.2 cm³/mol. The molecule has 0 aromatic heterocycles. The molecule has 2 rings (SSSR count). The maximum atomic E-state index is 13.2. The number of rotatable bonds is 4. The van der Waals surface area contributed by atoms with Crippen molar-refractivity contribution in [1.82, 2.24) is 0 Å². The summed E-state index contributed by atoms with van der Waals surface area (Å²) in [5.41, 5.74) is 5.41. The van der Waals surface area contributed by atoms with Gasteiger partial charge >= 0.3 is 12.3 Å². The van der Waals surface area contributed by atoms with Gasteiger partial charge in [0, 0.05) is 12.2 Å². The van der Waals surface area contributed by atoms with Gasteiger partial charge in [-0.05, 0) is 35.9 Å². The van der Waals surface area contributed by atoms with Crippen LogP contribution < -0.4 is 16.4 Å². The number of amides is 1. The van der Waals surface area contributed by atoms with Crippen LogP contribution in [0, 0.1) is 5.82 Å². The van der Waals surface area contributed by atoms with Gasteiger partial charge in [-0.2, -0.15) is 13.2 Å². The van der Waals surface area contributed by atoms with Crippen LogP contribution in [0.2, 0.25) is 0 Å². The van der Waals surface area contributed by atoms with Gasteiger partial charge in [-0.25, -0.2) is 9.18 Å². The van der Waals surface area contributed by atoms with Crippen molar-refractivity contribution in [3.63, 3.8) is 0 Å². The van der Waals surface area contributed by atoms with Crippen molar-refractivity contribution in [3.05, 3.63) is 53.3 Å². The number of nitrogens with one attached hydrogen (secondary N) is 2. The third-order valence-corrected chi connectivity index (χ3v) is 3.13. The van der Waals surface area contributed by atoms with Gasteiger partial charge < -0.3 is 16.2 Å². The molecule has 2 aromatic carbocycles. The first-order chi connectivity index (χ1) is 11.2. The molecule has 0 fully saturated rings. The molecule has 5 nitrogen and oxygen atoms in total. The highest BCUT2D eigenvalue weighted by Gasteiger charge is 2.34. The van der Waals surface area contributed by atoms with Crippen LogP contribution in [0.5, 0.6) is 0 Å². The SMILES string of the molecule is Nc1cc(CNc2ccc(F)c(C(F)(F)F)c2)ccc1NC(=O)O. The molecule has 24 heavy (non-hydrogen) atoms. The molecule has 0 unspecified atom stereocenters. The van der Waals surface area contributed by atoms with Crippen molar-refractivity contribution in [1.29, 1.82) is 0 Å². The maximum absolute atomic E-state index is 13.2. The summed E-state index contributed by atoms with van der Waals surface area (Å²) in [6, 6.07) is 7.08. The van der Waals surface area contributed by atoms with E-state index in [4.69, 9.17) is 10.8 Å². The minimum atomic E-state index is -4.78. The fourth-order valence-corrected chi connectivity index (χ4v) is 2.01. The lowest BCUT2D eigenvalue weighted by Gasteiger charge is -2.12. The number of anilines is 3. The Morgan fingerprint density at radius 1 is 1.17 bits per heavy atom. The number of halogens is 4. The number of hydrogen-bond donors (Lipinski definition) is 4. The number of nitrogens with two attached hydrogens (primary N) is 1. The summed E-state index contributed by atoms with van der Waals surface area (Å²) < 4.78 is 51.2. The molecule has 0 aliphatic carbocycles. The summed E-state index contributed by atoms with van der Waals surface area (Å²) in [4.78, 5) is 10.6. The Hall–Kier alpha value is -2.97. The van der Waals surface area contributed by atoms with E-state index in [-0.39, 0.29) is 23.6 Å². The maximum Gasteiger partial charge on any atom is 0.419 e. The summed E-state index contributed by atoms with van der Waals surface area (Å²) >= 11 is 0. The second kappa shape index (κ2) is 6.65. The monoisotopic (exact) mass is 343 g/mol. The lowest BCUT2D eigenvalue weighted by molar-refractivity contribution is -0.139. The zero-order valence-electron chi connectivity index (χ0n) is 12.1. The van der Waals surface area contributed by atoms with Crippen molar-refractivity contribution in [2.24, 2.45) is 0 Å². The molecule has 2 aromatic rings. The molecule has 0 aliphatic heterocycles. The summed E-state index contributed by atoms with van der Waals surface area (Å²) in [6.45, 7) is 0.125. The van der Waals surface area contributed by atoms with Gasteiger partial charge in [0.05, 0.1) is 16.9 Å². The average Bonchev–Trinajstić information content (AvgIpc) is 2.47. The van der Waals surface area contributed by atoms with Crippen LogP contribution in [0.15, 0.2) is 36.4 Å². The number of carboxylic acid groups (broad SMARTS) is 1. The first-order valence-corrected chi connectivity index (χ1v) is 6.66. The number of alkyl halides is 3. The largest absolute Gasteiger partial charge is 0.465 e. The van der Waals surface area contributed by atoms with Crippen LogP contribution in [-0.4, -0.2) is 11.2 Å². The summed E-state index contributed by atoms with van der Waals surface area (Å²) in [6.07, 6.45) is -6.05. The predicted octanol–water partition coefficient (Wildman–Crippen LogP) is 4.13. The molecule has 128 valence electrons. The molecule has 0 bridgehead atoms. The van der Waals surface area contributed by atoms with Gasteiger partial charge in [-0.15, -0.1) is 0 Å². The van der Waals surface area contributed by atoms with Crippen LogP contribution in [-0.2, 0) is 12.7 Å². The second-order valence-corrected chi connectivity index (χ2v) is 4.90. The molecule has 5 N–H and O–H groups in total. The first kappa shape index (κ1) is 17.4. The highest BCUT2D eigenvalue weighted by Crippen LogP contribution is 2.33. The number of nitrogen functional groups attached to an aromatic ring is 1. The van der Waals surface area contributed by atoms with Gasteiger partial charge in [0.25, 0.3) is 0 Å². The Balaban J connectivity index is 2.11. The molecule has 0 aliphatic rings. The molecular weight excluding hydrogens is 330 g/mol. The van der Waals surface area contributed by atoms with Gasteiger partial charge in [0.15, 0.2) is 0 Å². The highest BCUT2D eigenvalue weighted by molar-refractivity contribution is 5.87. The number of hydrogen-bond acceptors (Lipinski definition) is 3. The molecule has 0 heterocycles. The van der Waals surface area contributed by atoms with Gasteiger partial charge in [0.1, 0.15) is 5.82 Å². The van der Waals surface area contributed by atoms with E-state index in [1.54, 1.807) is 6.07 Å². The Morgan fingerprint density at radius 3 is 2.46 bits per heavy atom. The molecule has 0 radical (unpaired) electrons. The average molecular weight is 343 g/mol. The van der Waals surface area contributed by atoms with Crippen LogP contribution in [0.4, 0.5) is 39.4 Å². The van der Waals surface area contributed by atoms with Crippen molar-refractivity contribution >= 4 is 23.2 Å².